The van der Waals surface area contributed by atoms with Crippen molar-refractivity contribution in [2.24, 2.45) is 0 Å². The van der Waals surface area contributed by atoms with Crippen molar-refractivity contribution in [1.29, 1.82) is 0 Å². The summed E-state index contributed by atoms with van der Waals surface area (Å²) in [4.78, 5) is 11.5. The van der Waals surface area contributed by atoms with E-state index in [1.165, 1.54) is 77.0 Å². The fourth-order valence-corrected chi connectivity index (χ4v) is 2.60. The van der Waals surface area contributed by atoms with Crippen LogP contribution in [0.25, 0.3) is 0 Å². The highest BCUT2D eigenvalue weighted by atomic mass is 16.5. The van der Waals surface area contributed by atoms with Gasteiger partial charge in [0.1, 0.15) is 0 Å². The Kier molecular flexibility index (Phi) is 18.1. The molecular weight excluding hydrogens is 272 g/mol. The van der Waals surface area contributed by atoms with Crippen molar-refractivity contribution in [2.45, 2.75) is 110 Å². The summed E-state index contributed by atoms with van der Waals surface area (Å²) in [5.41, 5.74) is 0. The van der Waals surface area contributed by atoms with Gasteiger partial charge in [-0.15, -0.1) is 0 Å². The van der Waals surface area contributed by atoms with Crippen LogP contribution in [-0.4, -0.2) is 12.6 Å². The summed E-state index contributed by atoms with van der Waals surface area (Å²) in [5.74, 6) is -0.0202. The van der Waals surface area contributed by atoms with Crippen LogP contribution in [0.1, 0.15) is 110 Å². The van der Waals surface area contributed by atoms with E-state index >= 15 is 0 Å². The lowest BCUT2D eigenvalue weighted by atomic mass is 10.1. The lowest BCUT2D eigenvalue weighted by Crippen LogP contribution is -2.06. The lowest BCUT2D eigenvalue weighted by Gasteiger charge is -2.05. The largest absolute Gasteiger partial charge is 0.465 e. The zero-order valence-corrected chi connectivity index (χ0v) is 15.2. The monoisotopic (exact) mass is 311 g/mol. The van der Waals surface area contributed by atoms with E-state index in [-0.39, 0.29) is 5.97 Å². The van der Waals surface area contributed by atoms with Gasteiger partial charge in [0.2, 0.25) is 0 Å². The first-order valence-electron chi connectivity index (χ1n) is 9.78. The summed E-state index contributed by atoms with van der Waals surface area (Å²) in [6.45, 7) is 4.98. The quantitative estimate of drug-likeness (QED) is 0.223. The van der Waals surface area contributed by atoms with Crippen molar-refractivity contribution in [2.75, 3.05) is 6.61 Å². The van der Waals surface area contributed by atoms with Gasteiger partial charge in [0.05, 0.1) is 6.61 Å². The molecule has 0 rings (SSSR count). The van der Waals surface area contributed by atoms with Crippen molar-refractivity contribution >= 4 is 5.97 Å². The Morgan fingerprint density at radius 2 is 1.23 bits per heavy atom. The molecule has 0 amide bonds. The van der Waals surface area contributed by atoms with Crippen LogP contribution in [0.2, 0.25) is 0 Å². The molecule has 0 unspecified atom stereocenters. The fraction of sp³-hybridized carbons (Fsp3) is 0.900. The maximum Gasteiger partial charge on any atom is 0.305 e. The Balaban J connectivity index is 3.13. The number of carbonyl (C=O) groups excluding carboxylic acids is 1. The van der Waals surface area contributed by atoms with Crippen molar-refractivity contribution in [1.82, 2.24) is 0 Å². The molecule has 0 heterocycles. The summed E-state index contributed by atoms with van der Waals surface area (Å²) in [7, 11) is 0. The van der Waals surface area contributed by atoms with Gasteiger partial charge in [0, 0.05) is 6.42 Å². The fourth-order valence-electron chi connectivity index (χ4n) is 2.60. The molecule has 0 saturated carbocycles. The second kappa shape index (κ2) is 18.5. The van der Waals surface area contributed by atoms with Crippen LogP contribution in [0.15, 0.2) is 0 Å². The molecule has 0 aromatic rings. The van der Waals surface area contributed by atoms with Crippen LogP contribution >= 0.6 is 0 Å². The predicted molar refractivity (Wildman–Crippen MR) is 95.9 cm³/mol. The van der Waals surface area contributed by atoms with Crippen LogP contribution in [0.4, 0.5) is 0 Å². The highest BCUT2D eigenvalue weighted by Crippen LogP contribution is 2.10. The zero-order valence-electron chi connectivity index (χ0n) is 15.2. The lowest BCUT2D eigenvalue weighted by molar-refractivity contribution is -0.142. The van der Waals surface area contributed by atoms with E-state index < -0.39 is 0 Å². The Labute approximate surface area is 139 Å². The van der Waals surface area contributed by atoms with Crippen molar-refractivity contribution in [3.8, 4) is 0 Å². The van der Waals surface area contributed by atoms with E-state index in [1.807, 2.05) is 0 Å². The molecule has 0 fully saturated rings. The summed E-state index contributed by atoms with van der Waals surface area (Å²) in [6, 6.07) is 0. The average molecular weight is 312 g/mol. The average Bonchev–Trinajstić information content (AvgIpc) is 2.52. The Bertz CT molecular complexity index is 204. The predicted octanol–water partition coefficient (Wildman–Crippen LogP) is 6.63. The number of unbranched alkanes of at least 4 members (excludes halogenated alkanes) is 13. The molecule has 0 aromatic carbocycles. The molecule has 0 spiro atoms. The van der Waals surface area contributed by atoms with Crippen LogP contribution in [-0.2, 0) is 9.53 Å². The molecule has 2 nitrogen and oxygen atoms in total. The minimum atomic E-state index is -0.0202. The zero-order chi connectivity index (χ0) is 16.3. The van der Waals surface area contributed by atoms with E-state index in [4.69, 9.17) is 4.74 Å². The van der Waals surface area contributed by atoms with Crippen LogP contribution in [0.3, 0.4) is 0 Å². The number of hydrogen-bond acceptors (Lipinski definition) is 2. The first kappa shape index (κ1) is 21.5. The van der Waals surface area contributed by atoms with Crippen LogP contribution < -0.4 is 0 Å². The highest BCUT2D eigenvalue weighted by Gasteiger charge is 2.02. The van der Waals surface area contributed by atoms with Gasteiger partial charge in [-0.1, -0.05) is 90.9 Å². The SMILES string of the molecule is CCCCCCC[CH]COC(=O)CCCCCCCCCC. The molecule has 0 aliphatic carbocycles. The second-order valence-corrected chi connectivity index (χ2v) is 6.40. The van der Waals surface area contributed by atoms with Gasteiger partial charge < -0.3 is 4.74 Å². The van der Waals surface area contributed by atoms with Gasteiger partial charge in [-0.3, -0.25) is 4.79 Å². The molecule has 0 aromatic heterocycles. The van der Waals surface area contributed by atoms with Crippen molar-refractivity contribution < 1.29 is 9.53 Å². The minimum absolute atomic E-state index is 0.0202. The number of ether oxygens (including phenoxy) is 1. The van der Waals surface area contributed by atoms with E-state index in [2.05, 4.69) is 20.3 Å². The topological polar surface area (TPSA) is 26.3 Å². The Morgan fingerprint density at radius 3 is 1.82 bits per heavy atom. The third-order valence-corrected chi connectivity index (χ3v) is 4.11. The van der Waals surface area contributed by atoms with Gasteiger partial charge in [-0.25, -0.2) is 0 Å². The molecule has 131 valence electrons. The van der Waals surface area contributed by atoms with Gasteiger partial charge in [0.25, 0.3) is 0 Å². The Morgan fingerprint density at radius 1 is 0.727 bits per heavy atom. The molecule has 0 saturated heterocycles. The Hall–Kier alpha value is -0.530. The van der Waals surface area contributed by atoms with E-state index in [9.17, 15) is 4.79 Å². The van der Waals surface area contributed by atoms with E-state index in [1.54, 1.807) is 0 Å². The molecule has 0 atom stereocenters. The molecule has 0 N–H and O–H groups in total. The van der Waals surface area contributed by atoms with Crippen LogP contribution in [0, 0.1) is 6.42 Å². The molecular formula is C20H39O2. The molecule has 0 aliphatic heterocycles. The first-order valence-corrected chi connectivity index (χ1v) is 9.78. The highest BCUT2D eigenvalue weighted by molar-refractivity contribution is 5.69. The molecule has 1 radical (unpaired) electrons. The van der Waals surface area contributed by atoms with Crippen LogP contribution in [0.5, 0.6) is 0 Å². The second-order valence-electron chi connectivity index (χ2n) is 6.40. The molecule has 0 aliphatic rings. The smallest absolute Gasteiger partial charge is 0.305 e. The van der Waals surface area contributed by atoms with E-state index in [0.717, 1.165) is 12.8 Å². The number of rotatable bonds is 17. The maximum absolute atomic E-state index is 11.5. The summed E-state index contributed by atoms with van der Waals surface area (Å²) < 4.78 is 5.23. The third-order valence-electron chi connectivity index (χ3n) is 4.11. The standard InChI is InChI=1S/C20H39O2/c1-3-5-7-9-11-12-14-16-18-20(21)22-19-17-15-13-10-8-6-4-2/h17H,3-16,18-19H2,1-2H3. The number of hydrogen-bond donors (Lipinski definition) is 0. The van der Waals surface area contributed by atoms with Crippen molar-refractivity contribution in [3.05, 3.63) is 6.42 Å². The number of esters is 1. The molecule has 22 heavy (non-hydrogen) atoms. The minimum Gasteiger partial charge on any atom is -0.465 e. The summed E-state index contributed by atoms with van der Waals surface area (Å²) in [5, 5.41) is 0. The van der Waals surface area contributed by atoms with Gasteiger partial charge >= 0.3 is 5.97 Å². The first-order chi connectivity index (χ1) is 10.8. The van der Waals surface area contributed by atoms with Gasteiger partial charge in [-0.05, 0) is 19.3 Å². The third kappa shape index (κ3) is 17.5. The summed E-state index contributed by atoms with van der Waals surface area (Å²) >= 11 is 0. The normalized spacial score (nSPS) is 10.8. The molecule has 2 heteroatoms. The number of carbonyl (C=O) groups is 1. The maximum atomic E-state index is 11.5. The van der Waals surface area contributed by atoms with Crippen molar-refractivity contribution in [3.63, 3.8) is 0 Å². The van der Waals surface area contributed by atoms with Gasteiger partial charge in [0.15, 0.2) is 0 Å². The molecule has 0 bridgehead atoms. The van der Waals surface area contributed by atoms with E-state index in [0.29, 0.717) is 13.0 Å². The van der Waals surface area contributed by atoms with Gasteiger partial charge in [-0.2, -0.15) is 0 Å². The summed E-state index contributed by atoms with van der Waals surface area (Å²) in [6.07, 6.45) is 20.4.